The Morgan fingerprint density at radius 2 is 1.67 bits per heavy atom. The molecule has 0 aromatic heterocycles. The zero-order chi connectivity index (χ0) is 16.4. The van der Waals surface area contributed by atoms with Crippen LogP contribution in [-0.2, 0) is 0 Å². The van der Waals surface area contributed by atoms with E-state index in [1.807, 2.05) is 25.1 Å². The van der Waals surface area contributed by atoms with Gasteiger partial charge >= 0.3 is 0 Å². The minimum absolute atomic E-state index is 0.169. The summed E-state index contributed by atoms with van der Waals surface area (Å²) in [6, 6.07) is 6.24. The number of methoxy groups -OCH3 is 1. The van der Waals surface area contributed by atoms with Crippen molar-refractivity contribution >= 4 is 6.08 Å². The van der Waals surface area contributed by atoms with Gasteiger partial charge in [-0.2, -0.15) is 0 Å². The third-order valence-electron chi connectivity index (χ3n) is 2.81. The highest BCUT2D eigenvalue weighted by Gasteiger charge is 2.05. The summed E-state index contributed by atoms with van der Waals surface area (Å²) in [4.78, 5) is 0. The van der Waals surface area contributed by atoms with Crippen molar-refractivity contribution in [3.8, 4) is 5.75 Å². The first-order valence-electron chi connectivity index (χ1n) is 7.78. The third kappa shape index (κ3) is 8.56. The molecule has 0 radical (unpaired) electrons. The maximum Gasteiger partial charge on any atom is 0.126 e. The lowest BCUT2D eigenvalue weighted by Gasteiger charge is -2.10. The molecule has 0 aliphatic heterocycles. The Morgan fingerprint density at radius 1 is 1.10 bits per heavy atom. The van der Waals surface area contributed by atoms with Crippen LogP contribution in [-0.4, -0.2) is 18.8 Å². The summed E-state index contributed by atoms with van der Waals surface area (Å²) < 4.78 is 5.33. The maximum absolute atomic E-state index is 9.00. The van der Waals surface area contributed by atoms with E-state index in [1.165, 1.54) is 5.56 Å². The molecule has 120 valence electrons. The molecule has 0 bridgehead atoms. The van der Waals surface area contributed by atoms with Gasteiger partial charge in [0.2, 0.25) is 0 Å². The molecule has 0 unspecified atom stereocenters. The lowest BCUT2D eigenvalue weighted by Crippen LogP contribution is -1.96. The first-order chi connectivity index (χ1) is 9.81. The zero-order valence-electron chi connectivity index (χ0n) is 14.7. The van der Waals surface area contributed by atoms with E-state index in [9.17, 15) is 0 Å². The quantitative estimate of drug-likeness (QED) is 0.816. The van der Waals surface area contributed by atoms with Gasteiger partial charge in [0.25, 0.3) is 0 Å². The molecule has 0 aliphatic rings. The van der Waals surface area contributed by atoms with Crippen molar-refractivity contribution in [3.63, 3.8) is 0 Å². The van der Waals surface area contributed by atoms with E-state index in [2.05, 4.69) is 46.8 Å². The van der Waals surface area contributed by atoms with Gasteiger partial charge in [0.05, 0.1) is 7.11 Å². The molecule has 0 fully saturated rings. The van der Waals surface area contributed by atoms with Crippen LogP contribution in [0.5, 0.6) is 5.75 Å². The molecule has 2 heteroatoms. The second kappa shape index (κ2) is 10.4. The van der Waals surface area contributed by atoms with E-state index in [1.54, 1.807) is 7.11 Å². The number of hydrogen-bond donors (Lipinski definition) is 1. The van der Waals surface area contributed by atoms with E-state index >= 15 is 0 Å². The fourth-order valence-electron chi connectivity index (χ4n) is 1.57. The fourth-order valence-corrected chi connectivity index (χ4v) is 1.57. The lowest BCUT2D eigenvalue weighted by molar-refractivity contribution is 0.262. The summed E-state index contributed by atoms with van der Waals surface area (Å²) >= 11 is 0. The topological polar surface area (TPSA) is 29.5 Å². The van der Waals surface area contributed by atoms with Crippen molar-refractivity contribution in [3.05, 3.63) is 35.4 Å². The van der Waals surface area contributed by atoms with Crippen LogP contribution in [0.25, 0.3) is 6.08 Å². The Bertz CT molecular complexity index is 417. The van der Waals surface area contributed by atoms with Gasteiger partial charge in [-0.05, 0) is 35.4 Å². The Labute approximate surface area is 130 Å². The van der Waals surface area contributed by atoms with Crippen LogP contribution in [0, 0.1) is 11.8 Å². The van der Waals surface area contributed by atoms with Crippen molar-refractivity contribution in [1.29, 1.82) is 0 Å². The molecule has 2 nitrogen and oxygen atoms in total. The van der Waals surface area contributed by atoms with Crippen molar-refractivity contribution in [2.75, 3.05) is 13.7 Å². The fraction of sp³-hybridized carbons (Fsp3) is 0.579. The van der Waals surface area contributed by atoms with Gasteiger partial charge in [0, 0.05) is 12.2 Å². The third-order valence-corrected chi connectivity index (χ3v) is 2.81. The van der Waals surface area contributed by atoms with Crippen LogP contribution in [0.1, 0.15) is 58.6 Å². The highest BCUT2D eigenvalue weighted by molar-refractivity contribution is 5.59. The molecule has 1 aromatic carbocycles. The monoisotopic (exact) mass is 292 g/mol. The van der Waals surface area contributed by atoms with E-state index in [4.69, 9.17) is 9.84 Å². The molecule has 0 heterocycles. The highest BCUT2D eigenvalue weighted by atomic mass is 16.5. The Kier molecular flexibility index (Phi) is 9.81. The van der Waals surface area contributed by atoms with Gasteiger partial charge in [0.1, 0.15) is 5.75 Å². The first-order valence-corrected chi connectivity index (χ1v) is 7.78. The minimum Gasteiger partial charge on any atom is -0.496 e. The summed E-state index contributed by atoms with van der Waals surface area (Å²) in [6.45, 7) is 13.0. The Morgan fingerprint density at radius 3 is 2.10 bits per heavy atom. The maximum atomic E-state index is 9.00. The average molecular weight is 292 g/mol. The van der Waals surface area contributed by atoms with Gasteiger partial charge in [-0.15, -0.1) is 0 Å². The molecule has 0 amide bonds. The lowest BCUT2D eigenvalue weighted by atomic mass is 9.99. The molecule has 0 saturated heterocycles. The van der Waals surface area contributed by atoms with Gasteiger partial charge in [-0.25, -0.2) is 0 Å². The van der Waals surface area contributed by atoms with Crippen LogP contribution in [0.4, 0.5) is 0 Å². The number of aliphatic hydroxyl groups is 1. The van der Waals surface area contributed by atoms with Gasteiger partial charge < -0.3 is 9.84 Å². The number of hydrogen-bond acceptors (Lipinski definition) is 2. The average Bonchev–Trinajstić information content (AvgIpc) is 2.43. The predicted octanol–water partition coefficient (Wildman–Crippen LogP) is 5.12. The first kappa shape index (κ1) is 19.7. The Balaban J connectivity index is 0.000000885. The summed E-state index contributed by atoms with van der Waals surface area (Å²) in [5, 5.41) is 9.00. The van der Waals surface area contributed by atoms with E-state index < -0.39 is 0 Å². The van der Waals surface area contributed by atoms with Gasteiger partial charge in [-0.1, -0.05) is 59.8 Å². The van der Waals surface area contributed by atoms with E-state index in [0.717, 1.165) is 17.2 Å². The normalized spacial score (nSPS) is 12.5. The zero-order valence-corrected chi connectivity index (χ0v) is 14.7. The van der Waals surface area contributed by atoms with Gasteiger partial charge in [-0.3, -0.25) is 0 Å². The number of ether oxygens (including phenoxy) is 1. The summed E-state index contributed by atoms with van der Waals surface area (Å²) in [6.07, 6.45) is 4.02. The van der Waals surface area contributed by atoms with Crippen molar-refractivity contribution in [2.45, 2.75) is 47.5 Å². The van der Waals surface area contributed by atoms with E-state index in [0.29, 0.717) is 5.92 Å². The van der Waals surface area contributed by atoms with Crippen LogP contribution in [0.3, 0.4) is 0 Å². The minimum atomic E-state index is 0.169. The van der Waals surface area contributed by atoms with Crippen molar-refractivity contribution < 1.29 is 9.84 Å². The van der Waals surface area contributed by atoms with Crippen molar-refractivity contribution in [2.24, 2.45) is 11.8 Å². The van der Waals surface area contributed by atoms with Crippen LogP contribution in [0.2, 0.25) is 0 Å². The summed E-state index contributed by atoms with van der Waals surface area (Å²) in [5.41, 5.74) is 2.36. The molecule has 1 N–H and O–H groups in total. The standard InChI is InChI=1S/C15H22O2.C4H10/c1-11(2)13-7-8-15(17-4)14(9-13)6-5-12(3)10-16;1-4(2)3/h5-9,11-12,16H,10H2,1-4H3;4H,1-3H3/b6-5+;/t12-;/m1./s1. The summed E-state index contributed by atoms with van der Waals surface area (Å²) in [5.74, 6) is 2.38. The molecule has 1 aromatic rings. The number of benzene rings is 1. The smallest absolute Gasteiger partial charge is 0.126 e. The summed E-state index contributed by atoms with van der Waals surface area (Å²) in [7, 11) is 1.68. The van der Waals surface area contributed by atoms with Crippen molar-refractivity contribution in [1.82, 2.24) is 0 Å². The largest absolute Gasteiger partial charge is 0.496 e. The molecule has 0 spiro atoms. The number of aliphatic hydroxyl groups excluding tert-OH is 1. The second-order valence-electron chi connectivity index (χ2n) is 6.41. The molecule has 1 rings (SSSR count). The molecular formula is C19H32O2. The molecular weight excluding hydrogens is 260 g/mol. The molecule has 0 aliphatic carbocycles. The molecule has 0 saturated carbocycles. The van der Waals surface area contributed by atoms with Crippen LogP contribution < -0.4 is 4.74 Å². The van der Waals surface area contributed by atoms with Gasteiger partial charge in [0.15, 0.2) is 0 Å². The Hall–Kier alpha value is -1.28. The second-order valence-corrected chi connectivity index (χ2v) is 6.41. The van der Waals surface area contributed by atoms with Crippen LogP contribution in [0.15, 0.2) is 24.3 Å². The number of rotatable bonds is 5. The predicted molar refractivity (Wildman–Crippen MR) is 92.9 cm³/mol. The highest BCUT2D eigenvalue weighted by Crippen LogP contribution is 2.25. The molecule has 21 heavy (non-hydrogen) atoms. The molecule has 1 atom stereocenters. The van der Waals surface area contributed by atoms with E-state index in [-0.39, 0.29) is 12.5 Å². The van der Waals surface area contributed by atoms with Crippen LogP contribution >= 0.6 is 0 Å². The SMILES string of the molecule is CC(C)C.COc1ccc(C(C)C)cc1/C=C/[C@@H](C)CO.